The van der Waals surface area contributed by atoms with Crippen molar-refractivity contribution in [2.45, 2.75) is 18.5 Å². The second-order valence-electron chi connectivity index (χ2n) is 7.61. The third kappa shape index (κ3) is 2.03. The molecule has 28 heavy (non-hydrogen) atoms. The Morgan fingerprint density at radius 1 is 1.00 bits per heavy atom. The Bertz CT molecular complexity index is 1040. The molecule has 0 saturated carbocycles. The molecule has 3 aliphatic rings. The molecule has 0 aliphatic carbocycles. The van der Waals surface area contributed by atoms with E-state index in [4.69, 9.17) is 0 Å². The summed E-state index contributed by atoms with van der Waals surface area (Å²) in [6.07, 6.45) is 0. The molecule has 2 aromatic carbocycles. The van der Waals surface area contributed by atoms with Crippen LogP contribution in [0.25, 0.3) is 0 Å². The number of hydrogen-bond acceptors (Lipinski definition) is 4. The predicted molar refractivity (Wildman–Crippen MR) is 113 cm³/mol. The molecule has 4 unspecified atom stereocenters. The lowest BCUT2D eigenvalue weighted by molar-refractivity contribution is -0.131. The van der Waals surface area contributed by atoms with Crippen LogP contribution in [0.4, 0.5) is 11.4 Å². The third-order valence-electron chi connectivity index (χ3n) is 6.23. The normalized spacial score (nSPS) is 31.1. The molecule has 3 amide bonds. The van der Waals surface area contributed by atoms with E-state index in [-0.39, 0.29) is 23.8 Å². The van der Waals surface area contributed by atoms with Crippen LogP contribution in [0.2, 0.25) is 0 Å². The number of carbonyl (C=O) groups excluding carboxylic acids is 3. The van der Waals surface area contributed by atoms with Gasteiger partial charge in [-0.05, 0) is 59.8 Å². The maximum absolute atomic E-state index is 13.5. The number of hydrogen-bond donors (Lipinski definition) is 1. The van der Waals surface area contributed by atoms with Crippen molar-refractivity contribution in [1.82, 2.24) is 5.32 Å². The first-order valence-electron chi connectivity index (χ1n) is 9.16. The molecule has 6 nitrogen and oxygen atoms in total. The van der Waals surface area contributed by atoms with Gasteiger partial charge in [0.25, 0.3) is 5.91 Å². The zero-order valence-electron chi connectivity index (χ0n) is 15.3. The van der Waals surface area contributed by atoms with E-state index < -0.39 is 17.4 Å². The number of rotatable bonds is 1. The molecule has 0 radical (unpaired) electrons. The molecule has 5 rings (SSSR count). The Morgan fingerprint density at radius 2 is 1.68 bits per heavy atom. The van der Waals surface area contributed by atoms with E-state index in [9.17, 15) is 14.4 Å². The molecular formula is C21H18IN3O3. The Labute approximate surface area is 176 Å². The summed E-state index contributed by atoms with van der Waals surface area (Å²) >= 11 is 2.18. The average Bonchev–Trinajstić information content (AvgIpc) is 3.22. The number of carbonyl (C=O) groups is 3. The molecule has 2 aromatic rings. The van der Waals surface area contributed by atoms with Crippen molar-refractivity contribution < 1.29 is 14.4 Å². The highest BCUT2D eigenvalue weighted by molar-refractivity contribution is 14.1. The van der Waals surface area contributed by atoms with Crippen molar-refractivity contribution >= 4 is 51.7 Å². The van der Waals surface area contributed by atoms with E-state index in [0.717, 1.165) is 14.8 Å². The lowest BCUT2D eigenvalue weighted by Gasteiger charge is -2.29. The van der Waals surface area contributed by atoms with Crippen LogP contribution in [0.5, 0.6) is 0 Å². The monoisotopic (exact) mass is 487 g/mol. The van der Waals surface area contributed by atoms with Crippen LogP contribution in [0.1, 0.15) is 12.5 Å². The zero-order valence-corrected chi connectivity index (χ0v) is 17.5. The van der Waals surface area contributed by atoms with Crippen molar-refractivity contribution in [2.75, 3.05) is 16.8 Å². The van der Waals surface area contributed by atoms with Gasteiger partial charge in [-0.15, -0.1) is 0 Å². The second-order valence-corrected chi connectivity index (χ2v) is 8.86. The van der Waals surface area contributed by atoms with Crippen molar-refractivity contribution in [3.05, 3.63) is 57.7 Å². The first kappa shape index (κ1) is 17.8. The standard InChI is InChI=1S/C21H18IN3O3/c1-11-16-17(19(27)25(18(16)26)13-9-7-12(22)8-10-13)21(23-11)14-5-3-4-6-15(14)24(2)20(21)28/h3-11,16-17,23H,1-2H3. The lowest BCUT2D eigenvalue weighted by atomic mass is 9.76. The molecule has 0 aromatic heterocycles. The number of fused-ring (bicyclic) bond motifs is 4. The summed E-state index contributed by atoms with van der Waals surface area (Å²) in [7, 11) is 1.72. The van der Waals surface area contributed by atoms with E-state index in [1.165, 1.54) is 4.90 Å². The molecule has 7 heteroatoms. The average molecular weight is 487 g/mol. The van der Waals surface area contributed by atoms with E-state index in [1.807, 2.05) is 43.3 Å². The smallest absolute Gasteiger partial charge is 0.252 e. The van der Waals surface area contributed by atoms with Gasteiger partial charge in [-0.25, -0.2) is 4.90 Å². The first-order valence-corrected chi connectivity index (χ1v) is 10.2. The maximum Gasteiger partial charge on any atom is 0.252 e. The van der Waals surface area contributed by atoms with Gasteiger partial charge in [0.2, 0.25) is 11.8 Å². The number of nitrogens with zero attached hydrogens (tertiary/aromatic N) is 2. The van der Waals surface area contributed by atoms with Crippen molar-refractivity contribution in [1.29, 1.82) is 0 Å². The molecule has 2 fully saturated rings. The summed E-state index contributed by atoms with van der Waals surface area (Å²) in [6.45, 7) is 1.88. The molecule has 3 aliphatic heterocycles. The van der Waals surface area contributed by atoms with Gasteiger partial charge in [-0.1, -0.05) is 18.2 Å². The Balaban J connectivity index is 1.67. The van der Waals surface area contributed by atoms with Gasteiger partial charge < -0.3 is 4.90 Å². The van der Waals surface area contributed by atoms with Crippen LogP contribution in [0.3, 0.4) is 0 Å². The van der Waals surface area contributed by atoms with Crippen LogP contribution >= 0.6 is 22.6 Å². The predicted octanol–water partition coefficient (Wildman–Crippen LogP) is 2.26. The molecular weight excluding hydrogens is 469 g/mol. The fourth-order valence-corrected chi connectivity index (χ4v) is 5.42. The largest absolute Gasteiger partial charge is 0.313 e. The molecule has 1 N–H and O–H groups in total. The molecule has 2 saturated heterocycles. The summed E-state index contributed by atoms with van der Waals surface area (Å²) in [5.41, 5.74) is 0.910. The van der Waals surface area contributed by atoms with Gasteiger partial charge in [0.05, 0.1) is 17.5 Å². The molecule has 3 heterocycles. The number of para-hydroxylation sites is 1. The third-order valence-corrected chi connectivity index (χ3v) is 6.95. The highest BCUT2D eigenvalue weighted by Crippen LogP contribution is 2.54. The van der Waals surface area contributed by atoms with Gasteiger partial charge in [0.1, 0.15) is 5.54 Å². The van der Waals surface area contributed by atoms with Crippen LogP contribution in [0, 0.1) is 15.4 Å². The number of halogens is 1. The number of amides is 3. The SMILES string of the molecule is CC1NC2(C(=O)N(C)c3ccccc32)C2C(=O)N(c3ccc(I)cc3)C(=O)C12. The van der Waals surface area contributed by atoms with Gasteiger partial charge in [0.15, 0.2) is 0 Å². The van der Waals surface area contributed by atoms with E-state index in [0.29, 0.717) is 5.69 Å². The molecule has 0 bridgehead atoms. The summed E-state index contributed by atoms with van der Waals surface area (Å²) in [5.74, 6) is -2.07. The second kappa shape index (κ2) is 5.87. The minimum Gasteiger partial charge on any atom is -0.313 e. The zero-order chi connectivity index (χ0) is 19.8. The summed E-state index contributed by atoms with van der Waals surface area (Å²) in [6, 6.07) is 14.5. The maximum atomic E-state index is 13.5. The van der Waals surface area contributed by atoms with Crippen LogP contribution < -0.4 is 15.1 Å². The van der Waals surface area contributed by atoms with Gasteiger partial charge in [0, 0.05) is 27.9 Å². The highest BCUT2D eigenvalue weighted by atomic mass is 127. The van der Waals surface area contributed by atoms with Crippen molar-refractivity contribution in [3.8, 4) is 0 Å². The van der Waals surface area contributed by atoms with Gasteiger partial charge in [-0.2, -0.15) is 0 Å². The number of likely N-dealkylation sites (N-methyl/N-ethyl adjacent to an activating group) is 1. The molecule has 4 atom stereocenters. The lowest BCUT2D eigenvalue weighted by Crippen LogP contribution is -2.54. The summed E-state index contributed by atoms with van der Waals surface area (Å²) < 4.78 is 1.02. The Morgan fingerprint density at radius 3 is 2.39 bits per heavy atom. The summed E-state index contributed by atoms with van der Waals surface area (Å²) in [5, 5.41) is 3.35. The number of imide groups is 1. The topological polar surface area (TPSA) is 69.7 Å². The highest BCUT2D eigenvalue weighted by Gasteiger charge is 2.70. The minimum atomic E-state index is -1.19. The fraction of sp³-hybridized carbons (Fsp3) is 0.286. The van der Waals surface area contributed by atoms with Crippen molar-refractivity contribution in [2.24, 2.45) is 11.8 Å². The van der Waals surface area contributed by atoms with Crippen LogP contribution in [-0.4, -0.2) is 30.8 Å². The van der Waals surface area contributed by atoms with Crippen molar-refractivity contribution in [3.63, 3.8) is 0 Å². The Hall–Kier alpha value is -2.26. The number of anilines is 2. The van der Waals surface area contributed by atoms with E-state index in [2.05, 4.69) is 27.9 Å². The van der Waals surface area contributed by atoms with E-state index >= 15 is 0 Å². The number of nitrogens with one attached hydrogen (secondary N) is 1. The summed E-state index contributed by atoms with van der Waals surface area (Å²) in [4.78, 5) is 43.1. The molecule has 1 spiro atoms. The first-order chi connectivity index (χ1) is 13.4. The van der Waals surface area contributed by atoms with Gasteiger partial charge in [-0.3, -0.25) is 19.7 Å². The Kier molecular flexibility index (Phi) is 3.73. The quantitative estimate of drug-likeness (QED) is 0.495. The number of benzene rings is 2. The van der Waals surface area contributed by atoms with Crippen LogP contribution in [0.15, 0.2) is 48.5 Å². The minimum absolute atomic E-state index is 0.182. The van der Waals surface area contributed by atoms with E-state index in [1.54, 1.807) is 24.1 Å². The fourth-order valence-electron chi connectivity index (χ4n) is 5.06. The molecule has 142 valence electrons. The van der Waals surface area contributed by atoms with Gasteiger partial charge >= 0.3 is 0 Å². The van der Waals surface area contributed by atoms with Crippen LogP contribution in [-0.2, 0) is 19.9 Å².